The van der Waals surface area contributed by atoms with Gasteiger partial charge in [0.2, 0.25) is 0 Å². The van der Waals surface area contributed by atoms with E-state index in [1.807, 2.05) is 0 Å². The molecule has 1 heterocycles. The summed E-state index contributed by atoms with van der Waals surface area (Å²) in [5.41, 5.74) is 0.107. The number of likely N-dealkylation sites (N-methyl/N-ethyl adjacent to an activating group) is 1. The number of likely N-dealkylation sites (tertiary alicyclic amines) is 1. The highest BCUT2D eigenvalue weighted by molar-refractivity contribution is 9.10. The van der Waals surface area contributed by atoms with Gasteiger partial charge in [0, 0.05) is 24.7 Å². The van der Waals surface area contributed by atoms with Gasteiger partial charge in [-0.1, -0.05) is 6.92 Å². The van der Waals surface area contributed by atoms with Gasteiger partial charge in [-0.3, -0.25) is 4.90 Å². The van der Waals surface area contributed by atoms with E-state index in [1.54, 1.807) is 0 Å². The molecule has 1 atom stereocenters. The van der Waals surface area contributed by atoms with E-state index in [4.69, 9.17) is 0 Å². The van der Waals surface area contributed by atoms with E-state index < -0.39 is 11.6 Å². The summed E-state index contributed by atoms with van der Waals surface area (Å²) in [5.74, 6) is -1.00. The average molecular weight is 333 g/mol. The van der Waals surface area contributed by atoms with Crippen LogP contribution in [-0.4, -0.2) is 30.6 Å². The number of nitrogens with one attached hydrogen (secondary N) is 1. The van der Waals surface area contributed by atoms with Crippen LogP contribution in [0.15, 0.2) is 16.6 Å². The summed E-state index contributed by atoms with van der Waals surface area (Å²) in [6, 6.07) is 3.17. The van der Waals surface area contributed by atoms with Crippen molar-refractivity contribution in [3.63, 3.8) is 0 Å². The van der Waals surface area contributed by atoms with Gasteiger partial charge in [-0.05, 0) is 54.0 Å². The zero-order valence-corrected chi connectivity index (χ0v) is 12.6. The van der Waals surface area contributed by atoms with Crippen molar-refractivity contribution in [2.45, 2.75) is 32.4 Å². The zero-order valence-electron chi connectivity index (χ0n) is 11.1. The summed E-state index contributed by atoms with van der Waals surface area (Å²) >= 11 is 3.08. The van der Waals surface area contributed by atoms with Gasteiger partial charge < -0.3 is 5.32 Å². The van der Waals surface area contributed by atoms with E-state index in [0.29, 0.717) is 10.5 Å². The van der Waals surface area contributed by atoms with Crippen molar-refractivity contribution in [1.29, 1.82) is 0 Å². The molecule has 19 heavy (non-hydrogen) atoms. The van der Waals surface area contributed by atoms with E-state index >= 15 is 0 Å². The molecule has 0 saturated carbocycles. The molecule has 1 saturated heterocycles. The van der Waals surface area contributed by atoms with Gasteiger partial charge in [0.15, 0.2) is 0 Å². The Morgan fingerprint density at radius 2 is 2.21 bits per heavy atom. The quantitative estimate of drug-likeness (QED) is 0.832. The molecule has 0 spiro atoms. The molecule has 106 valence electrons. The standard InChI is InChI=1S/C14H19BrF2N2/c1-2-19-7-3-4-10(19)8-18-9-11-13(16)6-5-12(15)14(11)17/h5-6,10,18H,2-4,7-9H2,1H3. The molecule has 2 rings (SSSR count). The number of rotatable bonds is 5. The van der Waals surface area contributed by atoms with Crippen LogP contribution >= 0.6 is 15.9 Å². The van der Waals surface area contributed by atoms with Crippen molar-refractivity contribution in [1.82, 2.24) is 10.2 Å². The molecule has 1 aliphatic rings. The average Bonchev–Trinajstić information content (AvgIpc) is 2.85. The molecule has 1 aromatic rings. The molecule has 0 bridgehead atoms. The number of halogens is 3. The van der Waals surface area contributed by atoms with Crippen molar-refractivity contribution >= 4 is 15.9 Å². The highest BCUT2D eigenvalue weighted by Crippen LogP contribution is 2.21. The van der Waals surface area contributed by atoms with E-state index in [9.17, 15) is 8.78 Å². The Labute approximate surface area is 121 Å². The van der Waals surface area contributed by atoms with Crippen LogP contribution in [0.25, 0.3) is 0 Å². The Bertz CT molecular complexity index is 440. The molecule has 0 aromatic heterocycles. The second kappa shape index (κ2) is 6.77. The lowest BCUT2D eigenvalue weighted by atomic mass is 10.1. The maximum atomic E-state index is 13.8. The molecule has 1 aromatic carbocycles. The van der Waals surface area contributed by atoms with Gasteiger partial charge in [-0.2, -0.15) is 0 Å². The van der Waals surface area contributed by atoms with Crippen LogP contribution in [-0.2, 0) is 6.54 Å². The first kappa shape index (κ1) is 14.9. The SMILES string of the molecule is CCN1CCCC1CNCc1c(F)ccc(Br)c1F. The minimum Gasteiger partial charge on any atom is -0.311 e. The predicted octanol–water partition coefficient (Wildman–Crippen LogP) is 3.30. The third-order valence-electron chi connectivity index (χ3n) is 3.73. The second-order valence-corrected chi connectivity index (χ2v) is 5.73. The lowest BCUT2D eigenvalue weighted by Gasteiger charge is -2.23. The van der Waals surface area contributed by atoms with Gasteiger partial charge in [0.05, 0.1) is 4.47 Å². The first-order valence-electron chi connectivity index (χ1n) is 6.70. The van der Waals surface area contributed by atoms with Crippen LogP contribution in [0.5, 0.6) is 0 Å². The summed E-state index contributed by atoms with van der Waals surface area (Å²) in [7, 11) is 0. The molecule has 1 N–H and O–H groups in total. The first-order chi connectivity index (χ1) is 9.13. The summed E-state index contributed by atoms with van der Waals surface area (Å²) in [5, 5.41) is 3.17. The maximum absolute atomic E-state index is 13.8. The molecule has 1 fully saturated rings. The Morgan fingerprint density at radius 1 is 1.42 bits per heavy atom. The summed E-state index contributed by atoms with van der Waals surface area (Å²) in [6.07, 6.45) is 2.37. The number of hydrogen-bond donors (Lipinski definition) is 1. The smallest absolute Gasteiger partial charge is 0.144 e. The van der Waals surface area contributed by atoms with Crippen LogP contribution in [0.2, 0.25) is 0 Å². The van der Waals surface area contributed by atoms with E-state index in [2.05, 4.69) is 33.1 Å². The second-order valence-electron chi connectivity index (χ2n) is 4.88. The topological polar surface area (TPSA) is 15.3 Å². The lowest BCUT2D eigenvalue weighted by Crippen LogP contribution is -2.37. The summed E-state index contributed by atoms with van der Waals surface area (Å²) < 4.78 is 27.6. The molecule has 0 radical (unpaired) electrons. The monoisotopic (exact) mass is 332 g/mol. The van der Waals surface area contributed by atoms with Crippen LogP contribution in [0.4, 0.5) is 8.78 Å². The minimum absolute atomic E-state index is 0.107. The van der Waals surface area contributed by atoms with Crippen LogP contribution in [0.3, 0.4) is 0 Å². The van der Waals surface area contributed by atoms with Crippen molar-refractivity contribution in [3.8, 4) is 0 Å². The predicted molar refractivity (Wildman–Crippen MR) is 76.0 cm³/mol. The van der Waals surface area contributed by atoms with Gasteiger partial charge >= 0.3 is 0 Å². The maximum Gasteiger partial charge on any atom is 0.144 e. The van der Waals surface area contributed by atoms with Crippen molar-refractivity contribution in [2.24, 2.45) is 0 Å². The van der Waals surface area contributed by atoms with Gasteiger partial charge in [-0.15, -0.1) is 0 Å². The van der Waals surface area contributed by atoms with Gasteiger partial charge in [0.1, 0.15) is 11.6 Å². The number of nitrogens with zero attached hydrogens (tertiary/aromatic N) is 1. The highest BCUT2D eigenvalue weighted by Gasteiger charge is 2.22. The third-order valence-corrected chi connectivity index (χ3v) is 4.34. The van der Waals surface area contributed by atoms with Gasteiger partial charge in [-0.25, -0.2) is 8.78 Å². The molecule has 5 heteroatoms. The highest BCUT2D eigenvalue weighted by atomic mass is 79.9. The van der Waals surface area contributed by atoms with Crippen LogP contribution < -0.4 is 5.32 Å². The molecule has 2 nitrogen and oxygen atoms in total. The Hall–Kier alpha value is -0.520. The molecule has 0 aliphatic carbocycles. The first-order valence-corrected chi connectivity index (χ1v) is 7.50. The number of hydrogen-bond acceptors (Lipinski definition) is 2. The fourth-order valence-electron chi connectivity index (χ4n) is 2.64. The fourth-order valence-corrected chi connectivity index (χ4v) is 3.01. The van der Waals surface area contributed by atoms with Crippen LogP contribution in [0, 0.1) is 11.6 Å². The summed E-state index contributed by atoms with van der Waals surface area (Å²) in [6.45, 7) is 5.31. The van der Waals surface area contributed by atoms with Crippen LogP contribution in [0.1, 0.15) is 25.3 Å². The van der Waals surface area contributed by atoms with Crippen molar-refractivity contribution in [3.05, 3.63) is 33.8 Å². The zero-order chi connectivity index (χ0) is 13.8. The molecule has 1 aliphatic heterocycles. The Balaban J connectivity index is 1.91. The molecular formula is C14H19BrF2N2. The molecule has 0 amide bonds. The van der Waals surface area contributed by atoms with Gasteiger partial charge in [0.25, 0.3) is 0 Å². The molecular weight excluding hydrogens is 314 g/mol. The van der Waals surface area contributed by atoms with Crippen molar-refractivity contribution in [2.75, 3.05) is 19.6 Å². The minimum atomic E-state index is -0.508. The van der Waals surface area contributed by atoms with E-state index in [-0.39, 0.29) is 12.1 Å². The largest absolute Gasteiger partial charge is 0.311 e. The van der Waals surface area contributed by atoms with E-state index in [0.717, 1.165) is 26.1 Å². The molecule has 1 unspecified atom stereocenters. The van der Waals surface area contributed by atoms with E-state index in [1.165, 1.54) is 18.6 Å². The fraction of sp³-hybridized carbons (Fsp3) is 0.571. The third kappa shape index (κ3) is 3.52. The normalized spacial score (nSPS) is 20.1. The lowest BCUT2D eigenvalue weighted by molar-refractivity contribution is 0.259. The Morgan fingerprint density at radius 3 is 2.95 bits per heavy atom. The number of benzene rings is 1. The van der Waals surface area contributed by atoms with Crippen molar-refractivity contribution < 1.29 is 8.78 Å². The summed E-state index contributed by atoms with van der Waals surface area (Å²) in [4.78, 5) is 2.40. The Kier molecular flexibility index (Phi) is 5.30.